The minimum absolute atomic E-state index is 0.0101. The van der Waals surface area contributed by atoms with E-state index in [4.69, 9.17) is 5.26 Å². The van der Waals surface area contributed by atoms with Crippen LogP contribution < -0.4 is 10.5 Å². The standard InChI is InChI=1S/C21H21N5O2/c22-9-10-26-20(23-17-6-2-1-5-16(17)21(26)28)15-24-11-13-25(14-12-24)18-7-3-4-8-19(18)27/h1-8,27H,10-15H2. The molecule has 0 bridgehead atoms. The Morgan fingerprint density at radius 3 is 2.50 bits per heavy atom. The number of aromatic nitrogens is 2. The minimum Gasteiger partial charge on any atom is -0.506 e. The van der Waals surface area contributed by atoms with Crippen molar-refractivity contribution >= 4 is 16.6 Å². The van der Waals surface area contributed by atoms with Gasteiger partial charge in [0.25, 0.3) is 5.56 Å². The van der Waals surface area contributed by atoms with E-state index >= 15 is 0 Å². The van der Waals surface area contributed by atoms with Gasteiger partial charge in [-0.1, -0.05) is 24.3 Å². The minimum atomic E-state index is -0.171. The van der Waals surface area contributed by atoms with Gasteiger partial charge in [0.1, 0.15) is 18.1 Å². The van der Waals surface area contributed by atoms with Crippen molar-refractivity contribution in [2.75, 3.05) is 31.1 Å². The van der Waals surface area contributed by atoms with E-state index in [1.165, 1.54) is 4.57 Å². The predicted octanol–water partition coefficient (Wildman–Crippen LogP) is 1.95. The number of hydrogen-bond donors (Lipinski definition) is 1. The van der Waals surface area contributed by atoms with E-state index in [1.54, 1.807) is 18.2 Å². The summed E-state index contributed by atoms with van der Waals surface area (Å²) >= 11 is 0. The first-order valence-corrected chi connectivity index (χ1v) is 9.28. The topological polar surface area (TPSA) is 85.4 Å². The van der Waals surface area contributed by atoms with Crippen LogP contribution in [0.15, 0.2) is 53.3 Å². The number of hydrogen-bond acceptors (Lipinski definition) is 6. The van der Waals surface area contributed by atoms with Crippen molar-refractivity contribution < 1.29 is 5.11 Å². The highest BCUT2D eigenvalue weighted by Crippen LogP contribution is 2.27. The Kier molecular flexibility index (Phi) is 4.96. The number of benzene rings is 2. The van der Waals surface area contributed by atoms with Crippen molar-refractivity contribution in [1.29, 1.82) is 5.26 Å². The molecule has 0 atom stereocenters. The number of piperazine rings is 1. The molecule has 142 valence electrons. The van der Waals surface area contributed by atoms with E-state index in [0.29, 0.717) is 23.3 Å². The van der Waals surface area contributed by atoms with Gasteiger partial charge >= 0.3 is 0 Å². The van der Waals surface area contributed by atoms with Gasteiger partial charge in [0, 0.05) is 26.2 Å². The number of fused-ring (bicyclic) bond motifs is 1. The number of nitrogens with zero attached hydrogens (tertiary/aromatic N) is 5. The Morgan fingerprint density at radius 2 is 1.75 bits per heavy atom. The van der Waals surface area contributed by atoms with Crippen molar-refractivity contribution in [2.24, 2.45) is 0 Å². The number of para-hydroxylation sites is 3. The molecule has 1 aliphatic rings. The molecule has 3 aromatic rings. The average molecular weight is 375 g/mol. The molecule has 0 spiro atoms. The summed E-state index contributed by atoms with van der Waals surface area (Å²) < 4.78 is 1.47. The second-order valence-electron chi connectivity index (χ2n) is 6.85. The molecule has 0 saturated carbocycles. The molecule has 0 amide bonds. The molecule has 0 aliphatic carbocycles. The normalized spacial score (nSPS) is 14.9. The Balaban J connectivity index is 1.55. The molecule has 0 radical (unpaired) electrons. The summed E-state index contributed by atoms with van der Waals surface area (Å²) in [6.45, 7) is 3.61. The highest BCUT2D eigenvalue weighted by molar-refractivity contribution is 5.77. The lowest BCUT2D eigenvalue weighted by atomic mass is 10.2. The lowest BCUT2D eigenvalue weighted by Gasteiger charge is -2.36. The van der Waals surface area contributed by atoms with Crippen LogP contribution >= 0.6 is 0 Å². The Bertz CT molecular complexity index is 1090. The van der Waals surface area contributed by atoms with Crippen LogP contribution in [-0.2, 0) is 13.1 Å². The van der Waals surface area contributed by atoms with Gasteiger partial charge in [-0.3, -0.25) is 14.3 Å². The van der Waals surface area contributed by atoms with Crippen LogP contribution in [0.25, 0.3) is 10.9 Å². The van der Waals surface area contributed by atoms with Crippen molar-refractivity contribution in [1.82, 2.24) is 14.5 Å². The number of phenols is 1. The molecular formula is C21H21N5O2. The van der Waals surface area contributed by atoms with Crippen LogP contribution in [0.2, 0.25) is 0 Å². The number of rotatable bonds is 4. The first-order chi connectivity index (χ1) is 13.7. The van der Waals surface area contributed by atoms with E-state index in [9.17, 15) is 9.90 Å². The van der Waals surface area contributed by atoms with E-state index in [1.807, 2.05) is 30.3 Å². The molecule has 2 aromatic carbocycles. The smallest absolute Gasteiger partial charge is 0.262 e. The number of phenolic OH excluding ortho intramolecular Hbond substituents is 1. The highest BCUT2D eigenvalue weighted by Gasteiger charge is 2.21. The summed E-state index contributed by atoms with van der Waals surface area (Å²) in [4.78, 5) is 21.8. The maximum absolute atomic E-state index is 12.8. The van der Waals surface area contributed by atoms with Crippen LogP contribution in [0.3, 0.4) is 0 Å². The quantitative estimate of drug-likeness (QED) is 0.750. The third kappa shape index (κ3) is 3.42. The van der Waals surface area contributed by atoms with Crippen molar-refractivity contribution in [3.63, 3.8) is 0 Å². The Hall–Kier alpha value is -3.37. The fourth-order valence-corrected chi connectivity index (χ4v) is 3.65. The van der Waals surface area contributed by atoms with Gasteiger partial charge in [0.05, 0.1) is 29.2 Å². The van der Waals surface area contributed by atoms with Gasteiger partial charge < -0.3 is 10.0 Å². The number of anilines is 1. The number of nitriles is 1. The van der Waals surface area contributed by atoms with E-state index in [-0.39, 0.29) is 17.9 Å². The fourth-order valence-electron chi connectivity index (χ4n) is 3.65. The number of aromatic hydroxyl groups is 1. The predicted molar refractivity (Wildman–Crippen MR) is 107 cm³/mol. The largest absolute Gasteiger partial charge is 0.506 e. The van der Waals surface area contributed by atoms with Gasteiger partial charge in [0.15, 0.2) is 0 Å². The van der Waals surface area contributed by atoms with Gasteiger partial charge in [-0.05, 0) is 24.3 Å². The second-order valence-corrected chi connectivity index (χ2v) is 6.85. The van der Waals surface area contributed by atoms with E-state index in [2.05, 4.69) is 20.9 Å². The molecule has 1 saturated heterocycles. The first kappa shape index (κ1) is 18.0. The molecule has 4 rings (SSSR count). The van der Waals surface area contributed by atoms with E-state index < -0.39 is 0 Å². The maximum Gasteiger partial charge on any atom is 0.262 e. The zero-order chi connectivity index (χ0) is 19.5. The molecule has 1 aromatic heterocycles. The third-order valence-electron chi connectivity index (χ3n) is 5.13. The van der Waals surface area contributed by atoms with Gasteiger partial charge in [-0.25, -0.2) is 4.98 Å². The molecule has 7 nitrogen and oxygen atoms in total. The first-order valence-electron chi connectivity index (χ1n) is 9.28. The van der Waals surface area contributed by atoms with Crippen LogP contribution in [0.5, 0.6) is 5.75 Å². The lowest BCUT2D eigenvalue weighted by molar-refractivity contribution is 0.239. The summed E-state index contributed by atoms with van der Waals surface area (Å²) in [5.41, 5.74) is 1.33. The second kappa shape index (κ2) is 7.71. The molecule has 2 heterocycles. The summed E-state index contributed by atoms with van der Waals surface area (Å²) in [6, 6.07) is 16.7. The molecule has 1 N–H and O–H groups in total. The molecule has 28 heavy (non-hydrogen) atoms. The van der Waals surface area contributed by atoms with Crippen LogP contribution in [0, 0.1) is 11.3 Å². The zero-order valence-electron chi connectivity index (χ0n) is 15.5. The van der Waals surface area contributed by atoms with Crippen molar-refractivity contribution in [2.45, 2.75) is 13.1 Å². The fraction of sp³-hybridized carbons (Fsp3) is 0.286. The van der Waals surface area contributed by atoms with E-state index in [0.717, 1.165) is 31.9 Å². The van der Waals surface area contributed by atoms with Gasteiger partial charge in [-0.2, -0.15) is 5.26 Å². The van der Waals surface area contributed by atoms with Gasteiger partial charge in [0.2, 0.25) is 0 Å². The third-order valence-corrected chi connectivity index (χ3v) is 5.13. The Morgan fingerprint density at radius 1 is 1.04 bits per heavy atom. The molecule has 0 unspecified atom stereocenters. The molecule has 1 aliphatic heterocycles. The summed E-state index contributed by atoms with van der Waals surface area (Å²) in [7, 11) is 0. The monoisotopic (exact) mass is 375 g/mol. The van der Waals surface area contributed by atoms with Gasteiger partial charge in [-0.15, -0.1) is 0 Å². The highest BCUT2D eigenvalue weighted by atomic mass is 16.3. The SMILES string of the molecule is N#CCn1c(CN2CCN(c3ccccc3O)CC2)nc2ccccc2c1=O. The molecular weight excluding hydrogens is 354 g/mol. The molecule has 7 heteroatoms. The summed E-state index contributed by atoms with van der Waals surface area (Å²) in [5, 5.41) is 19.7. The maximum atomic E-state index is 12.8. The zero-order valence-corrected chi connectivity index (χ0v) is 15.5. The lowest BCUT2D eigenvalue weighted by Crippen LogP contribution is -2.46. The van der Waals surface area contributed by atoms with Crippen LogP contribution in [0.1, 0.15) is 5.82 Å². The van der Waals surface area contributed by atoms with Crippen LogP contribution in [-0.4, -0.2) is 45.7 Å². The van der Waals surface area contributed by atoms with Crippen LogP contribution in [0.4, 0.5) is 5.69 Å². The van der Waals surface area contributed by atoms with Crippen molar-refractivity contribution in [3.05, 3.63) is 64.7 Å². The average Bonchev–Trinajstić information content (AvgIpc) is 2.72. The molecule has 1 fully saturated rings. The Labute approximate surface area is 162 Å². The van der Waals surface area contributed by atoms with Crippen molar-refractivity contribution in [3.8, 4) is 11.8 Å². The summed E-state index contributed by atoms with van der Waals surface area (Å²) in [5.74, 6) is 0.899. The summed E-state index contributed by atoms with van der Waals surface area (Å²) in [6.07, 6.45) is 0.